The summed E-state index contributed by atoms with van der Waals surface area (Å²) < 4.78 is 5.20. The molecule has 1 aromatic carbocycles. The van der Waals surface area contributed by atoms with E-state index in [1.54, 1.807) is 0 Å². The molecule has 102 valence electrons. The zero-order chi connectivity index (χ0) is 13.8. The van der Waals surface area contributed by atoms with Crippen LogP contribution in [0.3, 0.4) is 0 Å². The van der Waals surface area contributed by atoms with Gasteiger partial charge in [0.05, 0.1) is 11.5 Å². The average molecular weight is 285 g/mol. The van der Waals surface area contributed by atoms with E-state index in [1.165, 1.54) is 18.2 Å². The van der Waals surface area contributed by atoms with E-state index in [0.29, 0.717) is 19.8 Å². The lowest BCUT2D eigenvalue weighted by molar-refractivity contribution is -0.385. The molecule has 1 fully saturated rings. The first-order valence-corrected chi connectivity index (χ1v) is 6.26. The molecule has 7 heteroatoms. The summed E-state index contributed by atoms with van der Waals surface area (Å²) in [6.45, 7) is 1.75. The lowest BCUT2D eigenvalue weighted by atomic mass is 10.1. The second kappa shape index (κ2) is 5.99. The van der Waals surface area contributed by atoms with Crippen molar-refractivity contribution in [1.29, 1.82) is 0 Å². The minimum absolute atomic E-state index is 0.0172. The maximum atomic E-state index is 12.0. The van der Waals surface area contributed by atoms with Gasteiger partial charge in [0.15, 0.2) is 0 Å². The molecule has 0 aromatic heterocycles. The summed E-state index contributed by atoms with van der Waals surface area (Å²) in [5.74, 6) is -0.219. The molecule has 19 heavy (non-hydrogen) atoms. The average Bonchev–Trinajstić information content (AvgIpc) is 2.88. The molecule has 1 atom stereocenters. The summed E-state index contributed by atoms with van der Waals surface area (Å²) >= 11 is 5.75. The highest BCUT2D eigenvalue weighted by Crippen LogP contribution is 2.28. The SMILES string of the molecule is O=C(NCC1CCOC1)c1cccc(Cl)c1[N+](=O)[O-]. The van der Waals surface area contributed by atoms with Crippen molar-refractivity contribution in [2.45, 2.75) is 6.42 Å². The number of hydrogen-bond acceptors (Lipinski definition) is 4. The third-order valence-electron chi connectivity index (χ3n) is 2.99. The Kier molecular flexibility index (Phi) is 4.34. The number of hydrogen-bond donors (Lipinski definition) is 1. The molecule has 0 radical (unpaired) electrons. The quantitative estimate of drug-likeness (QED) is 0.677. The second-order valence-corrected chi connectivity index (χ2v) is 4.74. The van der Waals surface area contributed by atoms with Gasteiger partial charge in [0.2, 0.25) is 0 Å². The van der Waals surface area contributed by atoms with Gasteiger partial charge in [-0.3, -0.25) is 14.9 Å². The zero-order valence-electron chi connectivity index (χ0n) is 10.1. The zero-order valence-corrected chi connectivity index (χ0v) is 10.9. The van der Waals surface area contributed by atoms with Crippen molar-refractivity contribution < 1.29 is 14.5 Å². The number of ether oxygens (including phenoxy) is 1. The summed E-state index contributed by atoms with van der Waals surface area (Å²) in [6.07, 6.45) is 0.887. The molecule has 1 N–H and O–H groups in total. The van der Waals surface area contributed by atoms with Crippen LogP contribution in [-0.2, 0) is 4.74 Å². The molecule has 1 heterocycles. The van der Waals surface area contributed by atoms with Crippen LogP contribution in [0.2, 0.25) is 5.02 Å². The van der Waals surface area contributed by atoms with Crippen molar-refractivity contribution in [3.8, 4) is 0 Å². The van der Waals surface area contributed by atoms with Crippen LogP contribution in [0.25, 0.3) is 0 Å². The van der Waals surface area contributed by atoms with E-state index in [4.69, 9.17) is 16.3 Å². The topological polar surface area (TPSA) is 81.5 Å². The number of halogens is 1. The van der Waals surface area contributed by atoms with Crippen LogP contribution in [0.15, 0.2) is 18.2 Å². The summed E-state index contributed by atoms with van der Waals surface area (Å²) in [7, 11) is 0. The van der Waals surface area contributed by atoms with Gasteiger partial charge in [0, 0.05) is 19.1 Å². The van der Waals surface area contributed by atoms with Crippen LogP contribution in [-0.4, -0.2) is 30.6 Å². The minimum atomic E-state index is -0.643. The van der Waals surface area contributed by atoms with Crippen LogP contribution in [0.4, 0.5) is 5.69 Å². The molecule has 0 aliphatic carbocycles. The number of carbonyl (C=O) groups excluding carboxylic acids is 1. The Morgan fingerprint density at radius 2 is 2.37 bits per heavy atom. The fraction of sp³-hybridized carbons (Fsp3) is 0.417. The van der Waals surface area contributed by atoms with Crippen molar-refractivity contribution in [2.75, 3.05) is 19.8 Å². The highest BCUT2D eigenvalue weighted by Gasteiger charge is 2.24. The largest absolute Gasteiger partial charge is 0.381 e. The molecule has 1 amide bonds. The van der Waals surface area contributed by atoms with Crippen molar-refractivity contribution in [3.05, 3.63) is 38.9 Å². The van der Waals surface area contributed by atoms with E-state index in [1.807, 2.05) is 0 Å². The number of nitro benzene ring substituents is 1. The maximum absolute atomic E-state index is 12.0. The number of nitro groups is 1. The van der Waals surface area contributed by atoms with E-state index in [0.717, 1.165) is 6.42 Å². The van der Waals surface area contributed by atoms with Crippen molar-refractivity contribution >= 4 is 23.2 Å². The summed E-state index contributed by atoms with van der Waals surface area (Å²) in [4.78, 5) is 22.2. The van der Waals surface area contributed by atoms with Crippen LogP contribution >= 0.6 is 11.6 Å². The molecule has 1 aliphatic rings. The number of rotatable bonds is 4. The molecule has 1 saturated heterocycles. The lowest BCUT2D eigenvalue weighted by Gasteiger charge is -2.10. The molecular formula is C12H13ClN2O4. The molecule has 1 aromatic rings. The van der Waals surface area contributed by atoms with E-state index in [-0.39, 0.29) is 22.2 Å². The van der Waals surface area contributed by atoms with Crippen molar-refractivity contribution in [3.63, 3.8) is 0 Å². The van der Waals surface area contributed by atoms with Crippen LogP contribution in [0, 0.1) is 16.0 Å². The Labute approximate surface area is 114 Å². The molecule has 0 bridgehead atoms. The first kappa shape index (κ1) is 13.8. The van der Waals surface area contributed by atoms with E-state index >= 15 is 0 Å². The molecule has 0 spiro atoms. The molecule has 1 aliphatic heterocycles. The van der Waals surface area contributed by atoms with Crippen LogP contribution < -0.4 is 5.32 Å². The minimum Gasteiger partial charge on any atom is -0.381 e. The van der Waals surface area contributed by atoms with Gasteiger partial charge in [-0.05, 0) is 18.6 Å². The van der Waals surface area contributed by atoms with Gasteiger partial charge in [-0.25, -0.2) is 0 Å². The fourth-order valence-electron chi connectivity index (χ4n) is 1.96. The molecule has 0 saturated carbocycles. The third kappa shape index (κ3) is 3.21. The Hall–Kier alpha value is -1.66. The predicted molar refractivity (Wildman–Crippen MR) is 69.4 cm³/mol. The first-order chi connectivity index (χ1) is 9.09. The van der Waals surface area contributed by atoms with Gasteiger partial charge in [0.25, 0.3) is 5.91 Å². The van der Waals surface area contributed by atoms with Gasteiger partial charge in [-0.1, -0.05) is 17.7 Å². The normalized spacial score (nSPS) is 18.3. The van der Waals surface area contributed by atoms with E-state index in [2.05, 4.69) is 5.32 Å². The predicted octanol–water partition coefficient (Wildman–Crippen LogP) is 2.01. The number of nitrogens with zero attached hydrogens (tertiary/aromatic N) is 1. The summed E-state index contributed by atoms with van der Waals surface area (Å²) in [5, 5.41) is 13.6. The van der Waals surface area contributed by atoms with Crippen LogP contribution in [0.5, 0.6) is 0 Å². The van der Waals surface area contributed by atoms with E-state index < -0.39 is 10.8 Å². The van der Waals surface area contributed by atoms with Crippen molar-refractivity contribution in [1.82, 2.24) is 5.32 Å². The number of nitrogens with one attached hydrogen (secondary N) is 1. The summed E-state index contributed by atoms with van der Waals surface area (Å²) in [6, 6.07) is 4.30. The monoisotopic (exact) mass is 284 g/mol. The van der Waals surface area contributed by atoms with Gasteiger partial charge >= 0.3 is 5.69 Å². The molecular weight excluding hydrogens is 272 g/mol. The van der Waals surface area contributed by atoms with Gasteiger partial charge in [-0.15, -0.1) is 0 Å². The van der Waals surface area contributed by atoms with Gasteiger partial charge < -0.3 is 10.1 Å². The fourth-order valence-corrected chi connectivity index (χ4v) is 2.20. The highest BCUT2D eigenvalue weighted by atomic mass is 35.5. The number of amides is 1. The molecule has 1 unspecified atom stereocenters. The molecule has 6 nitrogen and oxygen atoms in total. The Morgan fingerprint density at radius 3 is 3.00 bits per heavy atom. The third-order valence-corrected chi connectivity index (χ3v) is 3.29. The standard InChI is InChI=1S/C12H13ClN2O4/c13-10-3-1-2-9(11(10)15(17)18)12(16)14-6-8-4-5-19-7-8/h1-3,8H,4-7H2,(H,14,16). The van der Waals surface area contributed by atoms with Gasteiger partial charge in [-0.2, -0.15) is 0 Å². The van der Waals surface area contributed by atoms with Crippen LogP contribution in [0.1, 0.15) is 16.8 Å². The Bertz CT molecular complexity index is 501. The molecule has 2 rings (SSSR count). The smallest absolute Gasteiger partial charge is 0.300 e. The number of carbonyl (C=O) groups is 1. The number of para-hydroxylation sites is 1. The second-order valence-electron chi connectivity index (χ2n) is 4.33. The van der Waals surface area contributed by atoms with Gasteiger partial charge in [0.1, 0.15) is 10.6 Å². The maximum Gasteiger partial charge on any atom is 0.300 e. The summed E-state index contributed by atoms with van der Waals surface area (Å²) in [5.41, 5.74) is -0.374. The Morgan fingerprint density at radius 1 is 1.58 bits per heavy atom. The van der Waals surface area contributed by atoms with Crippen molar-refractivity contribution in [2.24, 2.45) is 5.92 Å². The number of benzene rings is 1. The Balaban J connectivity index is 2.10. The van der Waals surface area contributed by atoms with E-state index in [9.17, 15) is 14.9 Å². The highest BCUT2D eigenvalue weighted by molar-refractivity contribution is 6.33. The lowest BCUT2D eigenvalue weighted by Crippen LogP contribution is -2.30. The first-order valence-electron chi connectivity index (χ1n) is 5.88.